The van der Waals surface area contributed by atoms with Crippen LogP contribution in [-0.4, -0.2) is 16.6 Å². The van der Waals surface area contributed by atoms with Crippen LogP contribution in [0.4, 0.5) is 32.0 Å². The normalized spacial score (nSPS) is 11.6. The number of halogens is 6. The monoisotopic (exact) mass is 462 g/mol. The van der Waals surface area contributed by atoms with Gasteiger partial charge in [0.05, 0.1) is 16.8 Å². The summed E-state index contributed by atoms with van der Waals surface area (Å²) in [5.41, 5.74) is -1.29. The zero-order valence-corrected chi connectivity index (χ0v) is 16.4. The van der Waals surface area contributed by atoms with E-state index < -0.39 is 40.7 Å². The number of nitrogens with zero attached hydrogens (tertiary/aromatic N) is 1. The fourth-order valence-corrected chi connectivity index (χ4v) is 3.37. The van der Waals surface area contributed by atoms with Crippen molar-refractivity contribution in [3.8, 4) is 11.3 Å². The number of carbonyl (C=O) groups excluding carboxylic acids is 2. The molecule has 0 unspecified atom stereocenters. The highest BCUT2D eigenvalue weighted by Gasteiger charge is 2.36. The highest BCUT2D eigenvalue weighted by molar-refractivity contribution is 6.04. The Bertz CT molecular complexity index is 1390. The third-order valence-corrected chi connectivity index (χ3v) is 4.90. The number of amides is 1. The number of pyridine rings is 1. The fourth-order valence-electron chi connectivity index (χ4n) is 3.37. The molecule has 0 bridgehead atoms. The SMILES string of the molecule is O=Cc1ccc2cc(C(F)(F)F)c(-c3ccc(NC(=O)c4cc(F)c(F)cc4F)cc3)n2c1. The summed E-state index contributed by atoms with van der Waals surface area (Å²) in [7, 11) is 0. The number of nitrogens with one attached hydrogen (secondary N) is 1. The van der Waals surface area contributed by atoms with Crippen LogP contribution in [0.3, 0.4) is 0 Å². The molecule has 33 heavy (non-hydrogen) atoms. The number of carbonyl (C=O) groups is 2. The molecule has 1 N–H and O–H groups in total. The van der Waals surface area contributed by atoms with Crippen LogP contribution in [0, 0.1) is 17.5 Å². The lowest BCUT2D eigenvalue weighted by atomic mass is 10.1. The van der Waals surface area contributed by atoms with Crippen LogP contribution in [0.25, 0.3) is 16.8 Å². The van der Waals surface area contributed by atoms with Crippen LogP contribution in [-0.2, 0) is 6.18 Å². The Hall–Kier alpha value is -4.08. The second kappa shape index (κ2) is 8.12. The molecule has 0 radical (unpaired) electrons. The molecule has 0 aliphatic heterocycles. The van der Waals surface area contributed by atoms with E-state index in [1.165, 1.54) is 47.0 Å². The predicted molar refractivity (Wildman–Crippen MR) is 107 cm³/mol. The van der Waals surface area contributed by atoms with Crippen molar-refractivity contribution in [1.82, 2.24) is 4.40 Å². The van der Waals surface area contributed by atoms with Gasteiger partial charge in [0, 0.05) is 29.0 Å². The number of hydrogen-bond donors (Lipinski definition) is 1. The molecule has 4 aromatic rings. The van der Waals surface area contributed by atoms with Crippen LogP contribution in [0.1, 0.15) is 26.3 Å². The molecule has 0 aliphatic rings. The van der Waals surface area contributed by atoms with Gasteiger partial charge in [-0.3, -0.25) is 9.59 Å². The van der Waals surface area contributed by atoms with Crippen molar-refractivity contribution >= 4 is 23.4 Å². The summed E-state index contributed by atoms with van der Waals surface area (Å²) in [5, 5.41) is 2.28. The Labute approximate surface area is 182 Å². The summed E-state index contributed by atoms with van der Waals surface area (Å²) < 4.78 is 82.4. The van der Waals surface area contributed by atoms with Crippen molar-refractivity contribution < 1.29 is 35.9 Å². The van der Waals surface area contributed by atoms with Crippen molar-refractivity contribution in [1.29, 1.82) is 0 Å². The maximum atomic E-state index is 13.8. The Morgan fingerprint density at radius 1 is 0.879 bits per heavy atom. The molecule has 0 fully saturated rings. The molecule has 0 spiro atoms. The van der Waals surface area contributed by atoms with Crippen LogP contribution in [0.2, 0.25) is 0 Å². The molecule has 0 atom stereocenters. The molecule has 2 aromatic carbocycles. The summed E-state index contributed by atoms with van der Waals surface area (Å²) >= 11 is 0. The highest BCUT2D eigenvalue weighted by Crippen LogP contribution is 2.39. The summed E-state index contributed by atoms with van der Waals surface area (Å²) in [6.45, 7) is 0. The second-order valence-corrected chi connectivity index (χ2v) is 7.06. The van der Waals surface area contributed by atoms with Gasteiger partial charge in [-0.15, -0.1) is 0 Å². The lowest BCUT2D eigenvalue weighted by Crippen LogP contribution is -2.14. The number of alkyl halides is 3. The van der Waals surface area contributed by atoms with E-state index in [4.69, 9.17) is 0 Å². The summed E-state index contributed by atoms with van der Waals surface area (Å²) in [6.07, 6.45) is -2.90. The van der Waals surface area contributed by atoms with E-state index in [1.807, 2.05) is 0 Å². The first-order valence-electron chi connectivity index (χ1n) is 9.32. The van der Waals surface area contributed by atoms with Crippen molar-refractivity contribution in [3.05, 3.63) is 94.9 Å². The molecule has 0 saturated carbocycles. The minimum Gasteiger partial charge on any atom is -0.322 e. The zero-order valence-electron chi connectivity index (χ0n) is 16.4. The largest absolute Gasteiger partial charge is 0.418 e. The highest BCUT2D eigenvalue weighted by atomic mass is 19.4. The molecule has 4 nitrogen and oxygen atoms in total. The third kappa shape index (κ3) is 4.19. The summed E-state index contributed by atoms with van der Waals surface area (Å²) in [4.78, 5) is 23.3. The molecule has 4 rings (SSSR count). The number of aromatic nitrogens is 1. The van der Waals surface area contributed by atoms with Gasteiger partial charge in [-0.25, -0.2) is 13.2 Å². The Balaban J connectivity index is 1.71. The van der Waals surface area contributed by atoms with Gasteiger partial charge in [0.15, 0.2) is 17.9 Å². The molecule has 2 aromatic heterocycles. The van der Waals surface area contributed by atoms with Crippen molar-refractivity contribution in [2.75, 3.05) is 5.32 Å². The lowest BCUT2D eigenvalue weighted by molar-refractivity contribution is -0.137. The van der Waals surface area contributed by atoms with Crippen LogP contribution in [0.5, 0.6) is 0 Å². The van der Waals surface area contributed by atoms with E-state index in [0.717, 1.165) is 6.07 Å². The van der Waals surface area contributed by atoms with E-state index >= 15 is 0 Å². The standard InChI is InChI=1S/C23H12F6N2O2/c24-18-9-20(26)19(25)8-16(18)22(33)30-14-4-2-13(3-5-14)21-17(23(27,28)29)7-15-6-1-12(11-32)10-31(15)21/h1-11H,(H,30,33). The zero-order chi connectivity index (χ0) is 23.9. The first-order valence-corrected chi connectivity index (χ1v) is 9.32. The topological polar surface area (TPSA) is 50.6 Å². The van der Waals surface area contributed by atoms with Gasteiger partial charge in [0.25, 0.3) is 5.91 Å². The molecular formula is C23H12F6N2O2. The van der Waals surface area contributed by atoms with E-state index in [2.05, 4.69) is 5.32 Å². The summed E-state index contributed by atoms with van der Waals surface area (Å²) in [5.74, 6) is -5.21. The molecule has 2 heterocycles. The minimum absolute atomic E-state index is 0.0795. The fraction of sp³-hybridized carbons (Fsp3) is 0.0435. The van der Waals surface area contributed by atoms with Gasteiger partial charge in [-0.1, -0.05) is 12.1 Å². The average molecular weight is 462 g/mol. The molecule has 10 heteroatoms. The van der Waals surface area contributed by atoms with Crippen LogP contribution >= 0.6 is 0 Å². The second-order valence-electron chi connectivity index (χ2n) is 7.06. The molecule has 0 aliphatic carbocycles. The Morgan fingerprint density at radius 3 is 2.18 bits per heavy atom. The van der Waals surface area contributed by atoms with Gasteiger partial charge in [0.1, 0.15) is 5.82 Å². The minimum atomic E-state index is -4.68. The van der Waals surface area contributed by atoms with E-state index in [9.17, 15) is 35.9 Å². The van der Waals surface area contributed by atoms with Gasteiger partial charge in [0.2, 0.25) is 0 Å². The molecule has 1 amide bonds. The number of aldehydes is 1. The molecular weight excluding hydrogens is 450 g/mol. The number of hydrogen-bond acceptors (Lipinski definition) is 2. The Kier molecular flexibility index (Phi) is 5.44. The van der Waals surface area contributed by atoms with Gasteiger partial charge >= 0.3 is 6.18 Å². The molecule has 168 valence electrons. The van der Waals surface area contributed by atoms with Gasteiger partial charge < -0.3 is 9.72 Å². The van der Waals surface area contributed by atoms with Crippen molar-refractivity contribution in [2.45, 2.75) is 6.18 Å². The maximum absolute atomic E-state index is 13.8. The van der Waals surface area contributed by atoms with E-state index in [-0.39, 0.29) is 34.1 Å². The van der Waals surface area contributed by atoms with Crippen molar-refractivity contribution in [3.63, 3.8) is 0 Å². The first kappa shape index (κ1) is 22.1. The number of rotatable bonds is 4. The molecule has 0 saturated heterocycles. The van der Waals surface area contributed by atoms with Gasteiger partial charge in [-0.2, -0.15) is 13.2 Å². The lowest BCUT2D eigenvalue weighted by Gasteiger charge is -2.12. The van der Waals surface area contributed by atoms with Gasteiger partial charge in [-0.05, 0) is 42.0 Å². The predicted octanol–water partition coefficient (Wildman–Crippen LogP) is 6.11. The smallest absolute Gasteiger partial charge is 0.322 e. The van der Waals surface area contributed by atoms with Crippen LogP contribution in [0.15, 0.2) is 60.8 Å². The van der Waals surface area contributed by atoms with E-state index in [1.54, 1.807) is 0 Å². The Morgan fingerprint density at radius 2 is 1.55 bits per heavy atom. The van der Waals surface area contributed by atoms with E-state index in [0.29, 0.717) is 12.4 Å². The van der Waals surface area contributed by atoms with Crippen LogP contribution < -0.4 is 5.32 Å². The summed E-state index contributed by atoms with van der Waals surface area (Å²) in [6, 6.07) is 9.49. The number of benzene rings is 2. The average Bonchev–Trinajstić information content (AvgIpc) is 3.16. The number of anilines is 1. The number of fused-ring (bicyclic) bond motifs is 1. The third-order valence-electron chi connectivity index (χ3n) is 4.90. The quantitative estimate of drug-likeness (QED) is 0.226. The maximum Gasteiger partial charge on any atom is 0.418 e. The first-order chi connectivity index (χ1) is 15.6. The van der Waals surface area contributed by atoms with Crippen molar-refractivity contribution in [2.24, 2.45) is 0 Å².